The molecule has 1 unspecified atom stereocenters. The van der Waals surface area contributed by atoms with E-state index in [9.17, 15) is 9.59 Å². The van der Waals surface area contributed by atoms with Gasteiger partial charge in [-0.1, -0.05) is 168 Å². The van der Waals surface area contributed by atoms with Crippen LogP contribution in [0, 0.1) is 0 Å². The Morgan fingerprint density at radius 1 is 0.450 bits per heavy atom. The Morgan fingerprint density at radius 2 is 0.775 bits per heavy atom. The molecule has 0 bridgehead atoms. The van der Waals surface area contributed by atoms with Gasteiger partial charge in [0.25, 0.3) is 0 Å². The summed E-state index contributed by atoms with van der Waals surface area (Å²) in [5.41, 5.74) is 0. The van der Waals surface area contributed by atoms with Crippen LogP contribution >= 0.6 is 0 Å². The molecule has 0 aromatic rings. The average molecular weight is 567 g/mol. The van der Waals surface area contributed by atoms with Crippen LogP contribution < -0.4 is 0 Å². The first kappa shape index (κ1) is 38.9. The standard InChI is InChI=1S/C36H70O4/c1-3-5-7-9-11-13-14-15-16-17-18-19-20-22-24-26-28-33-36(39)40-34(31-29-32-35(37)38)30-27-25-23-21-12-10-8-6-4-2/h34H,3-33H2,1-2H3,(H,37,38). The summed E-state index contributed by atoms with van der Waals surface area (Å²) in [6.07, 6.45) is 36.9. The number of ether oxygens (including phenoxy) is 1. The number of hydrogen-bond donors (Lipinski definition) is 1. The molecule has 0 amide bonds. The summed E-state index contributed by atoms with van der Waals surface area (Å²) in [6.45, 7) is 4.53. The number of carbonyl (C=O) groups excluding carboxylic acids is 1. The quantitative estimate of drug-likeness (QED) is 0.0633. The second kappa shape index (κ2) is 32.5. The molecule has 4 nitrogen and oxygen atoms in total. The molecule has 1 atom stereocenters. The lowest BCUT2D eigenvalue weighted by Gasteiger charge is -2.18. The number of carboxylic acid groups (broad SMARTS) is 1. The van der Waals surface area contributed by atoms with Gasteiger partial charge in [-0.2, -0.15) is 0 Å². The molecule has 0 aromatic carbocycles. The number of esters is 1. The van der Waals surface area contributed by atoms with Crippen LogP contribution in [0.3, 0.4) is 0 Å². The minimum Gasteiger partial charge on any atom is -0.481 e. The predicted octanol–water partition coefficient (Wildman–Crippen LogP) is 12.1. The van der Waals surface area contributed by atoms with Gasteiger partial charge in [0.15, 0.2) is 0 Å². The van der Waals surface area contributed by atoms with Crippen LogP contribution in [0.25, 0.3) is 0 Å². The van der Waals surface area contributed by atoms with Crippen molar-refractivity contribution in [2.45, 2.75) is 219 Å². The molecule has 0 radical (unpaired) electrons. The molecule has 0 saturated carbocycles. The Bertz CT molecular complexity index is 533. The van der Waals surface area contributed by atoms with Crippen molar-refractivity contribution >= 4 is 11.9 Å². The van der Waals surface area contributed by atoms with E-state index in [0.29, 0.717) is 19.3 Å². The van der Waals surface area contributed by atoms with Crippen molar-refractivity contribution in [2.24, 2.45) is 0 Å². The molecule has 0 aliphatic heterocycles. The van der Waals surface area contributed by atoms with Crippen molar-refractivity contribution in [2.75, 3.05) is 0 Å². The first-order chi connectivity index (χ1) is 19.6. The third kappa shape index (κ3) is 31.5. The van der Waals surface area contributed by atoms with Gasteiger partial charge in [0.05, 0.1) is 0 Å². The zero-order valence-electron chi connectivity index (χ0n) is 27.2. The largest absolute Gasteiger partial charge is 0.481 e. The number of carboxylic acids is 1. The fourth-order valence-corrected chi connectivity index (χ4v) is 5.66. The zero-order chi connectivity index (χ0) is 29.4. The number of aliphatic carboxylic acids is 1. The summed E-state index contributed by atoms with van der Waals surface area (Å²) in [5.74, 6) is -0.853. The van der Waals surface area contributed by atoms with Crippen LogP contribution in [0.15, 0.2) is 0 Å². The van der Waals surface area contributed by atoms with Gasteiger partial charge in [-0.05, 0) is 32.1 Å². The minimum absolute atomic E-state index is 0.0859. The van der Waals surface area contributed by atoms with Crippen LogP contribution in [0.4, 0.5) is 0 Å². The number of rotatable bonds is 33. The summed E-state index contributed by atoms with van der Waals surface area (Å²) >= 11 is 0. The van der Waals surface area contributed by atoms with Crippen LogP contribution in [0.5, 0.6) is 0 Å². The molecule has 0 saturated heterocycles. The van der Waals surface area contributed by atoms with Gasteiger partial charge in [-0.3, -0.25) is 9.59 Å². The lowest BCUT2D eigenvalue weighted by Crippen LogP contribution is -2.18. The maximum atomic E-state index is 12.4. The van der Waals surface area contributed by atoms with Crippen molar-refractivity contribution in [3.63, 3.8) is 0 Å². The maximum absolute atomic E-state index is 12.4. The molecule has 0 aliphatic carbocycles. The highest BCUT2D eigenvalue weighted by Gasteiger charge is 2.15. The van der Waals surface area contributed by atoms with Crippen LogP contribution in [0.1, 0.15) is 213 Å². The fraction of sp³-hybridized carbons (Fsp3) is 0.944. The highest BCUT2D eigenvalue weighted by Crippen LogP contribution is 2.18. The second-order valence-electron chi connectivity index (χ2n) is 12.4. The lowest BCUT2D eigenvalue weighted by atomic mass is 10.0. The minimum atomic E-state index is -0.767. The van der Waals surface area contributed by atoms with Crippen molar-refractivity contribution in [1.29, 1.82) is 0 Å². The highest BCUT2D eigenvalue weighted by molar-refractivity contribution is 5.69. The number of hydrogen-bond acceptors (Lipinski definition) is 3. The van der Waals surface area contributed by atoms with Crippen LogP contribution in [-0.4, -0.2) is 23.1 Å². The van der Waals surface area contributed by atoms with Crippen molar-refractivity contribution in [3.8, 4) is 0 Å². The Balaban J connectivity index is 3.72. The van der Waals surface area contributed by atoms with E-state index in [4.69, 9.17) is 9.84 Å². The van der Waals surface area contributed by atoms with E-state index in [-0.39, 0.29) is 18.5 Å². The maximum Gasteiger partial charge on any atom is 0.306 e. The fourth-order valence-electron chi connectivity index (χ4n) is 5.66. The van der Waals surface area contributed by atoms with Gasteiger partial charge < -0.3 is 9.84 Å². The topological polar surface area (TPSA) is 63.6 Å². The Hall–Kier alpha value is -1.06. The molecule has 0 heterocycles. The van der Waals surface area contributed by atoms with E-state index in [1.165, 1.54) is 148 Å². The zero-order valence-corrected chi connectivity index (χ0v) is 27.2. The summed E-state index contributed by atoms with van der Waals surface area (Å²) in [7, 11) is 0. The first-order valence-corrected chi connectivity index (χ1v) is 18.0. The summed E-state index contributed by atoms with van der Waals surface area (Å²) in [5, 5.41) is 8.97. The summed E-state index contributed by atoms with van der Waals surface area (Å²) in [6, 6.07) is 0. The Labute approximate surface area is 250 Å². The second-order valence-corrected chi connectivity index (χ2v) is 12.4. The molecular weight excluding hydrogens is 496 g/mol. The predicted molar refractivity (Wildman–Crippen MR) is 172 cm³/mol. The lowest BCUT2D eigenvalue weighted by molar-refractivity contribution is -0.150. The third-order valence-electron chi connectivity index (χ3n) is 8.33. The average Bonchev–Trinajstić information content (AvgIpc) is 2.93. The molecule has 0 spiro atoms. The third-order valence-corrected chi connectivity index (χ3v) is 8.33. The summed E-state index contributed by atoms with van der Waals surface area (Å²) < 4.78 is 5.80. The normalized spacial score (nSPS) is 12.1. The monoisotopic (exact) mass is 567 g/mol. The van der Waals surface area contributed by atoms with Crippen LogP contribution in [-0.2, 0) is 14.3 Å². The van der Waals surface area contributed by atoms with Crippen molar-refractivity contribution < 1.29 is 19.4 Å². The highest BCUT2D eigenvalue weighted by atomic mass is 16.5. The van der Waals surface area contributed by atoms with Crippen molar-refractivity contribution in [1.82, 2.24) is 0 Å². The van der Waals surface area contributed by atoms with Gasteiger partial charge in [-0.15, -0.1) is 0 Å². The Kier molecular flexibility index (Phi) is 31.6. The molecule has 0 aliphatic rings. The van der Waals surface area contributed by atoms with E-state index in [1.54, 1.807) is 0 Å². The molecule has 0 aromatic heterocycles. The number of carbonyl (C=O) groups is 2. The SMILES string of the molecule is CCCCCCCCCCCCCCCCCCCC(=O)OC(CCCCCCCCCCC)CCCC(=O)O. The van der Waals surface area contributed by atoms with E-state index in [1.807, 2.05) is 0 Å². The van der Waals surface area contributed by atoms with Gasteiger partial charge in [-0.25, -0.2) is 0 Å². The van der Waals surface area contributed by atoms with Gasteiger partial charge in [0, 0.05) is 12.8 Å². The molecule has 0 rings (SSSR count). The summed E-state index contributed by atoms with van der Waals surface area (Å²) in [4.78, 5) is 23.3. The smallest absolute Gasteiger partial charge is 0.306 e. The molecule has 238 valence electrons. The van der Waals surface area contributed by atoms with Crippen molar-refractivity contribution in [3.05, 3.63) is 0 Å². The van der Waals surface area contributed by atoms with E-state index in [2.05, 4.69) is 13.8 Å². The Morgan fingerprint density at radius 3 is 1.15 bits per heavy atom. The molecule has 40 heavy (non-hydrogen) atoms. The molecule has 1 N–H and O–H groups in total. The van der Waals surface area contributed by atoms with Gasteiger partial charge in [0.1, 0.15) is 6.10 Å². The molecule has 0 fully saturated rings. The van der Waals surface area contributed by atoms with E-state index >= 15 is 0 Å². The van der Waals surface area contributed by atoms with Gasteiger partial charge in [0.2, 0.25) is 0 Å². The number of unbranched alkanes of at least 4 members (excludes halogenated alkanes) is 24. The van der Waals surface area contributed by atoms with E-state index in [0.717, 1.165) is 25.7 Å². The van der Waals surface area contributed by atoms with Gasteiger partial charge >= 0.3 is 11.9 Å². The molecular formula is C36H70O4. The first-order valence-electron chi connectivity index (χ1n) is 18.0. The van der Waals surface area contributed by atoms with Crippen LogP contribution in [0.2, 0.25) is 0 Å². The molecule has 4 heteroatoms. The van der Waals surface area contributed by atoms with E-state index < -0.39 is 5.97 Å².